The van der Waals surface area contributed by atoms with Gasteiger partial charge < -0.3 is 14.8 Å². The topological polar surface area (TPSA) is 93.7 Å². The predicted octanol–water partition coefficient (Wildman–Crippen LogP) is 4.53. The maximum atomic E-state index is 12.8. The van der Waals surface area contributed by atoms with Crippen molar-refractivity contribution in [1.29, 1.82) is 0 Å². The fourth-order valence-electron chi connectivity index (χ4n) is 2.73. The summed E-state index contributed by atoms with van der Waals surface area (Å²) in [5.41, 5.74) is -0.593. The highest BCUT2D eigenvalue weighted by molar-refractivity contribution is 7.92. The minimum Gasteiger partial charge on any atom is -0.497 e. The lowest BCUT2D eigenvalue weighted by Gasteiger charge is -2.11. The molecule has 3 aromatic rings. The lowest BCUT2D eigenvalue weighted by atomic mass is 10.2. The van der Waals surface area contributed by atoms with Crippen molar-refractivity contribution < 1.29 is 35.9 Å². The molecule has 0 unspecified atom stereocenters. The third-order valence-corrected chi connectivity index (χ3v) is 5.70. The quantitative estimate of drug-likeness (QED) is 0.494. The first-order valence-corrected chi connectivity index (χ1v) is 10.9. The molecule has 7 nitrogen and oxygen atoms in total. The van der Waals surface area contributed by atoms with Gasteiger partial charge in [-0.2, -0.15) is 13.2 Å². The number of methoxy groups -OCH3 is 1. The molecule has 3 rings (SSSR count). The van der Waals surface area contributed by atoms with Crippen LogP contribution < -0.4 is 19.5 Å². The average molecular weight is 480 g/mol. The van der Waals surface area contributed by atoms with E-state index in [2.05, 4.69) is 10.0 Å². The molecule has 0 atom stereocenters. The molecule has 174 valence electrons. The summed E-state index contributed by atoms with van der Waals surface area (Å²) < 4.78 is 76.1. The van der Waals surface area contributed by atoms with E-state index >= 15 is 0 Å². The summed E-state index contributed by atoms with van der Waals surface area (Å²) in [4.78, 5) is 12.0. The lowest BCUT2D eigenvalue weighted by molar-refractivity contribution is -0.137. The summed E-state index contributed by atoms with van der Waals surface area (Å²) in [6.45, 7) is -0.482. The van der Waals surface area contributed by atoms with E-state index in [4.69, 9.17) is 9.47 Å². The van der Waals surface area contributed by atoms with Gasteiger partial charge in [0.05, 0.1) is 23.3 Å². The summed E-state index contributed by atoms with van der Waals surface area (Å²) in [5.74, 6) is 0.0163. The summed E-state index contributed by atoms with van der Waals surface area (Å²) in [7, 11) is -2.41. The number of nitrogens with one attached hydrogen (secondary N) is 2. The second kappa shape index (κ2) is 9.82. The molecule has 11 heteroatoms. The van der Waals surface area contributed by atoms with E-state index in [1.54, 1.807) is 18.2 Å². The number of hydrogen-bond acceptors (Lipinski definition) is 5. The predicted molar refractivity (Wildman–Crippen MR) is 116 cm³/mol. The molecule has 0 aliphatic carbocycles. The molecule has 0 aliphatic heterocycles. The molecular weight excluding hydrogens is 461 g/mol. The molecule has 0 spiro atoms. The minimum atomic E-state index is -4.53. The number of alkyl halides is 3. The molecule has 0 aliphatic rings. The van der Waals surface area contributed by atoms with Crippen molar-refractivity contribution >= 4 is 27.3 Å². The number of amides is 1. The Labute approximate surface area is 188 Å². The van der Waals surface area contributed by atoms with E-state index in [9.17, 15) is 26.4 Å². The monoisotopic (exact) mass is 480 g/mol. The van der Waals surface area contributed by atoms with E-state index < -0.39 is 34.3 Å². The van der Waals surface area contributed by atoms with E-state index in [-0.39, 0.29) is 16.3 Å². The van der Waals surface area contributed by atoms with E-state index in [1.807, 2.05) is 0 Å². The number of hydrogen-bond donors (Lipinski definition) is 2. The van der Waals surface area contributed by atoms with Gasteiger partial charge in [-0.25, -0.2) is 8.42 Å². The third-order valence-electron chi connectivity index (χ3n) is 4.30. The highest BCUT2D eigenvalue weighted by Crippen LogP contribution is 2.30. The number of sulfonamides is 1. The molecular formula is C22H19F3N2O5S. The number of rotatable bonds is 8. The standard InChI is InChI=1S/C22H19F3N2O5S/c1-31-19-7-3-6-17(13-19)27-33(29,30)20-10-8-18(9-11-20)32-14-21(28)26-16-5-2-4-15(12-16)22(23,24)25/h2-13,27H,14H2,1H3,(H,26,28). The van der Waals surface area contributed by atoms with Gasteiger partial charge in [-0.3, -0.25) is 9.52 Å². The van der Waals surface area contributed by atoms with Crippen molar-refractivity contribution in [2.45, 2.75) is 11.1 Å². The summed E-state index contributed by atoms with van der Waals surface area (Å²) in [5, 5.41) is 2.32. The van der Waals surface area contributed by atoms with Gasteiger partial charge in [0.1, 0.15) is 11.5 Å². The Morgan fingerprint density at radius 1 is 0.909 bits per heavy atom. The van der Waals surface area contributed by atoms with Crippen LogP contribution >= 0.6 is 0 Å². The van der Waals surface area contributed by atoms with E-state index in [1.165, 1.54) is 49.6 Å². The van der Waals surface area contributed by atoms with Crippen LogP contribution in [0.2, 0.25) is 0 Å². The molecule has 2 N–H and O–H groups in total. The van der Waals surface area contributed by atoms with Crippen LogP contribution in [0.5, 0.6) is 11.5 Å². The zero-order valence-electron chi connectivity index (χ0n) is 17.2. The van der Waals surface area contributed by atoms with Crippen LogP contribution in [-0.4, -0.2) is 28.0 Å². The van der Waals surface area contributed by atoms with Crippen LogP contribution in [0.15, 0.2) is 77.7 Å². The van der Waals surface area contributed by atoms with Crippen molar-refractivity contribution in [2.24, 2.45) is 0 Å². The van der Waals surface area contributed by atoms with Gasteiger partial charge >= 0.3 is 6.18 Å². The SMILES string of the molecule is COc1cccc(NS(=O)(=O)c2ccc(OCC(=O)Nc3cccc(C(F)(F)F)c3)cc2)c1. The molecule has 0 fully saturated rings. The van der Waals surface area contributed by atoms with Gasteiger partial charge in [0.2, 0.25) is 0 Å². The Balaban J connectivity index is 1.58. The van der Waals surface area contributed by atoms with Gasteiger partial charge in [-0.15, -0.1) is 0 Å². The van der Waals surface area contributed by atoms with Crippen LogP contribution in [0.1, 0.15) is 5.56 Å². The second-order valence-corrected chi connectivity index (χ2v) is 8.41. The number of ether oxygens (including phenoxy) is 2. The molecule has 0 heterocycles. The van der Waals surface area contributed by atoms with Crippen molar-refractivity contribution in [1.82, 2.24) is 0 Å². The van der Waals surface area contributed by atoms with Gasteiger partial charge in [-0.1, -0.05) is 12.1 Å². The largest absolute Gasteiger partial charge is 0.497 e. The number of carbonyl (C=O) groups is 1. The molecule has 0 saturated heterocycles. The Morgan fingerprint density at radius 3 is 2.24 bits per heavy atom. The second-order valence-electron chi connectivity index (χ2n) is 6.72. The van der Waals surface area contributed by atoms with Gasteiger partial charge in [0.25, 0.3) is 15.9 Å². The van der Waals surface area contributed by atoms with Crippen LogP contribution in [0, 0.1) is 0 Å². The first kappa shape index (κ1) is 23.9. The summed E-state index contributed by atoms with van der Waals surface area (Å²) >= 11 is 0. The minimum absolute atomic E-state index is 0.0246. The molecule has 0 saturated carbocycles. The average Bonchev–Trinajstić information content (AvgIpc) is 2.77. The van der Waals surface area contributed by atoms with E-state index in [0.717, 1.165) is 12.1 Å². The fourth-order valence-corrected chi connectivity index (χ4v) is 3.78. The van der Waals surface area contributed by atoms with E-state index in [0.29, 0.717) is 11.4 Å². The highest BCUT2D eigenvalue weighted by Gasteiger charge is 2.30. The highest BCUT2D eigenvalue weighted by atomic mass is 32.2. The van der Waals surface area contributed by atoms with Crippen molar-refractivity contribution in [3.05, 3.63) is 78.4 Å². The summed E-state index contributed by atoms with van der Waals surface area (Å²) in [6.07, 6.45) is -4.53. The summed E-state index contributed by atoms with van der Waals surface area (Å²) in [6, 6.07) is 15.9. The van der Waals surface area contributed by atoms with Crippen LogP contribution in [0.3, 0.4) is 0 Å². The van der Waals surface area contributed by atoms with Gasteiger partial charge in [-0.05, 0) is 54.6 Å². The Morgan fingerprint density at radius 2 is 1.58 bits per heavy atom. The van der Waals surface area contributed by atoms with Crippen LogP contribution in [0.25, 0.3) is 0 Å². The van der Waals surface area contributed by atoms with Gasteiger partial charge in [0.15, 0.2) is 6.61 Å². The number of carbonyl (C=O) groups excluding carboxylic acids is 1. The first-order chi connectivity index (χ1) is 15.6. The number of anilines is 2. The number of halogens is 3. The molecule has 3 aromatic carbocycles. The Hall–Kier alpha value is -3.73. The molecule has 1 amide bonds. The maximum absolute atomic E-state index is 12.8. The lowest BCUT2D eigenvalue weighted by Crippen LogP contribution is -2.20. The Bertz CT molecular complexity index is 1230. The number of benzene rings is 3. The van der Waals surface area contributed by atoms with Crippen molar-refractivity contribution in [2.75, 3.05) is 23.8 Å². The van der Waals surface area contributed by atoms with Gasteiger partial charge in [0, 0.05) is 11.8 Å². The first-order valence-electron chi connectivity index (χ1n) is 9.44. The fraction of sp³-hybridized carbons (Fsp3) is 0.136. The van der Waals surface area contributed by atoms with Crippen LogP contribution in [-0.2, 0) is 21.0 Å². The zero-order valence-corrected chi connectivity index (χ0v) is 18.0. The van der Waals surface area contributed by atoms with Crippen molar-refractivity contribution in [3.63, 3.8) is 0 Å². The Kier molecular flexibility index (Phi) is 7.12. The molecule has 33 heavy (non-hydrogen) atoms. The maximum Gasteiger partial charge on any atom is 0.416 e. The molecule has 0 aromatic heterocycles. The molecule has 0 bridgehead atoms. The molecule has 0 radical (unpaired) electrons. The van der Waals surface area contributed by atoms with Crippen LogP contribution in [0.4, 0.5) is 24.5 Å². The smallest absolute Gasteiger partial charge is 0.416 e. The normalized spacial score (nSPS) is 11.5. The third kappa shape index (κ3) is 6.62. The zero-order chi connectivity index (χ0) is 24.1. The van der Waals surface area contributed by atoms with Crippen molar-refractivity contribution in [3.8, 4) is 11.5 Å².